The van der Waals surface area contributed by atoms with Crippen molar-refractivity contribution >= 4 is 33.7 Å². The molecule has 0 radical (unpaired) electrons. The van der Waals surface area contributed by atoms with Crippen LogP contribution < -0.4 is 0 Å². The van der Waals surface area contributed by atoms with Crippen LogP contribution in [0.2, 0.25) is 0 Å². The van der Waals surface area contributed by atoms with Gasteiger partial charge in [0.2, 0.25) is 10.5 Å². The maximum Gasteiger partial charge on any atom is 0.224 e. The third-order valence-electron chi connectivity index (χ3n) is 3.24. The molecule has 0 aliphatic rings. The van der Waals surface area contributed by atoms with E-state index in [1.54, 1.807) is 0 Å². The fourth-order valence-electron chi connectivity index (χ4n) is 2.02. The average Bonchev–Trinajstić information content (AvgIpc) is 2.31. The summed E-state index contributed by atoms with van der Waals surface area (Å²) in [6, 6.07) is 0. The molecule has 106 valence electrons. The third kappa shape index (κ3) is 11.0. The van der Waals surface area contributed by atoms with Gasteiger partial charge >= 0.3 is 0 Å². The van der Waals surface area contributed by atoms with Gasteiger partial charge in [0.15, 0.2) is 0 Å². The minimum absolute atomic E-state index is 0.0430. The van der Waals surface area contributed by atoms with E-state index in [9.17, 15) is 9.59 Å². The summed E-state index contributed by atoms with van der Waals surface area (Å²) in [4.78, 5) is 21.5. The first-order valence-corrected chi connectivity index (χ1v) is 7.71. The molecule has 0 aromatic heterocycles. The molecule has 0 aromatic rings. The van der Waals surface area contributed by atoms with Crippen molar-refractivity contribution in [3.63, 3.8) is 0 Å². The molecule has 1 unspecified atom stereocenters. The van der Waals surface area contributed by atoms with E-state index in [-0.39, 0.29) is 16.4 Å². The molecule has 0 N–H and O–H groups in total. The molecule has 0 heterocycles. The van der Waals surface area contributed by atoms with Gasteiger partial charge in [0.25, 0.3) is 0 Å². The van der Waals surface area contributed by atoms with Crippen molar-refractivity contribution in [1.29, 1.82) is 0 Å². The number of hydrogen-bond acceptors (Lipinski definition) is 2. The first kappa shape index (κ1) is 17.9. The molecule has 0 saturated heterocycles. The maximum absolute atomic E-state index is 11.0. The van der Waals surface area contributed by atoms with E-state index >= 15 is 0 Å². The van der Waals surface area contributed by atoms with Gasteiger partial charge in [-0.3, -0.25) is 9.59 Å². The molecule has 18 heavy (non-hydrogen) atoms. The molecule has 4 heteroatoms. The zero-order valence-electron chi connectivity index (χ0n) is 11.2. The standard InChI is InChI=1S/C14H24Cl2O2/c1-2-12(14(16)18)10-8-6-4-3-5-7-9-11-13(15)17/h12H,2-11H2,1H3. The van der Waals surface area contributed by atoms with Crippen molar-refractivity contribution in [2.75, 3.05) is 0 Å². The Morgan fingerprint density at radius 2 is 1.39 bits per heavy atom. The van der Waals surface area contributed by atoms with Crippen LogP contribution >= 0.6 is 23.2 Å². The maximum atomic E-state index is 11.0. The van der Waals surface area contributed by atoms with Crippen LogP contribution in [0.3, 0.4) is 0 Å². The Balaban J connectivity index is 3.25. The molecule has 2 nitrogen and oxygen atoms in total. The lowest BCUT2D eigenvalue weighted by Gasteiger charge is -2.08. The lowest BCUT2D eigenvalue weighted by molar-refractivity contribution is -0.115. The molecule has 1 atom stereocenters. The Morgan fingerprint density at radius 1 is 0.889 bits per heavy atom. The fraction of sp³-hybridized carbons (Fsp3) is 0.857. The number of hydrogen-bond donors (Lipinski definition) is 0. The average molecular weight is 295 g/mol. The quantitative estimate of drug-likeness (QED) is 0.373. The summed E-state index contributed by atoms with van der Waals surface area (Å²) in [5, 5.41) is -0.422. The van der Waals surface area contributed by atoms with Crippen LogP contribution in [0.15, 0.2) is 0 Å². The van der Waals surface area contributed by atoms with Crippen LogP contribution in [0.1, 0.15) is 71.1 Å². The zero-order chi connectivity index (χ0) is 13.8. The number of halogens is 2. The molecule has 0 bridgehead atoms. The first-order valence-electron chi connectivity index (χ1n) is 6.95. The Hall–Kier alpha value is -0.0800. The van der Waals surface area contributed by atoms with Gasteiger partial charge in [0.05, 0.1) is 0 Å². The Kier molecular flexibility index (Phi) is 11.9. The number of carbonyl (C=O) groups is 2. The number of carbonyl (C=O) groups excluding carboxylic acids is 2. The highest BCUT2D eigenvalue weighted by Crippen LogP contribution is 2.17. The summed E-state index contributed by atoms with van der Waals surface area (Å²) in [7, 11) is 0. The minimum atomic E-state index is -0.230. The largest absolute Gasteiger partial charge is 0.281 e. The van der Waals surface area contributed by atoms with Crippen LogP contribution in [-0.4, -0.2) is 10.5 Å². The van der Waals surface area contributed by atoms with Gasteiger partial charge in [-0.15, -0.1) is 0 Å². The third-order valence-corrected chi connectivity index (χ3v) is 3.74. The fourth-order valence-corrected chi connectivity index (χ4v) is 2.41. The lowest BCUT2D eigenvalue weighted by atomic mass is 9.99. The molecular weight excluding hydrogens is 271 g/mol. The summed E-state index contributed by atoms with van der Waals surface area (Å²) in [6.45, 7) is 2.00. The highest BCUT2D eigenvalue weighted by Gasteiger charge is 2.12. The molecule has 0 rings (SSSR count). The zero-order valence-corrected chi connectivity index (χ0v) is 12.7. The van der Waals surface area contributed by atoms with Crippen LogP contribution in [0.25, 0.3) is 0 Å². The summed E-state index contributed by atoms with van der Waals surface area (Å²) < 4.78 is 0. The molecule has 0 aliphatic heterocycles. The van der Waals surface area contributed by atoms with Crippen molar-refractivity contribution in [3.8, 4) is 0 Å². The van der Waals surface area contributed by atoms with Crippen LogP contribution in [0.4, 0.5) is 0 Å². The summed E-state index contributed by atoms with van der Waals surface area (Å²) in [5.74, 6) is 0.0430. The van der Waals surface area contributed by atoms with E-state index in [0.29, 0.717) is 6.42 Å². The SMILES string of the molecule is CCC(CCCCCCCCCC(=O)Cl)C(=O)Cl. The second-order valence-corrected chi connectivity index (χ2v) is 5.57. The van der Waals surface area contributed by atoms with Gasteiger partial charge in [-0.25, -0.2) is 0 Å². The van der Waals surface area contributed by atoms with Crippen LogP contribution in [-0.2, 0) is 9.59 Å². The Labute approximate surface area is 120 Å². The van der Waals surface area contributed by atoms with E-state index in [1.807, 2.05) is 6.92 Å². The molecule has 0 amide bonds. The van der Waals surface area contributed by atoms with Crippen LogP contribution in [0, 0.1) is 5.92 Å². The predicted molar refractivity (Wildman–Crippen MR) is 77.1 cm³/mol. The summed E-state index contributed by atoms with van der Waals surface area (Å²) in [5.41, 5.74) is 0. The van der Waals surface area contributed by atoms with Crippen molar-refractivity contribution in [1.82, 2.24) is 0 Å². The highest BCUT2D eigenvalue weighted by atomic mass is 35.5. The van der Waals surface area contributed by atoms with Gasteiger partial charge in [-0.05, 0) is 42.5 Å². The summed E-state index contributed by atoms with van der Waals surface area (Å²) in [6.07, 6.45) is 10.0. The topological polar surface area (TPSA) is 34.1 Å². The molecule has 0 aliphatic carbocycles. The van der Waals surface area contributed by atoms with Gasteiger partial charge in [0.1, 0.15) is 0 Å². The molecule has 0 spiro atoms. The van der Waals surface area contributed by atoms with E-state index in [0.717, 1.165) is 44.9 Å². The minimum Gasteiger partial charge on any atom is -0.281 e. The second kappa shape index (κ2) is 12.0. The predicted octanol–water partition coefficient (Wildman–Crippen LogP) is 5.05. The van der Waals surface area contributed by atoms with E-state index < -0.39 is 0 Å². The van der Waals surface area contributed by atoms with E-state index in [2.05, 4.69) is 0 Å². The molecular formula is C14H24Cl2O2. The smallest absolute Gasteiger partial charge is 0.224 e. The second-order valence-electron chi connectivity index (χ2n) is 4.78. The number of unbranched alkanes of at least 4 members (excludes halogenated alkanes) is 6. The van der Waals surface area contributed by atoms with Crippen molar-refractivity contribution in [2.45, 2.75) is 71.1 Å². The van der Waals surface area contributed by atoms with E-state index in [1.165, 1.54) is 12.8 Å². The monoisotopic (exact) mass is 294 g/mol. The molecule has 0 aromatic carbocycles. The Morgan fingerprint density at radius 3 is 1.83 bits per heavy atom. The van der Waals surface area contributed by atoms with Gasteiger partial charge in [-0.1, -0.05) is 45.4 Å². The number of rotatable bonds is 12. The normalized spacial score (nSPS) is 12.4. The van der Waals surface area contributed by atoms with Crippen molar-refractivity contribution < 1.29 is 9.59 Å². The molecule has 0 saturated carbocycles. The first-order chi connectivity index (χ1) is 8.57. The van der Waals surface area contributed by atoms with Crippen molar-refractivity contribution in [3.05, 3.63) is 0 Å². The van der Waals surface area contributed by atoms with Gasteiger partial charge in [0, 0.05) is 12.3 Å². The van der Waals surface area contributed by atoms with E-state index in [4.69, 9.17) is 23.2 Å². The van der Waals surface area contributed by atoms with Gasteiger partial charge < -0.3 is 0 Å². The van der Waals surface area contributed by atoms with Gasteiger partial charge in [-0.2, -0.15) is 0 Å². The Bertz CT molecular complexity index is 242. The van der Waals surface area contributed by atoms with Crippen molar-refractivity contribution in [2.24, 2.45) is 5.92 Å². The highest BCUT2D eigenvalue weighted by molar-refractivity contribution is 6.64. The van der Waals surface area contributed by atoms with Crippen LogP contribution in [0.5, 0.6) is 0 Å². The lowest BCUT2D eigenvalue weighted by Crippen LogP contribution is -2.06. The summed E-state index contributed by atoms with van der Waals surface area (Å²) >= 11 is 10.7. The molecule has 0 fully saturated rings.